The maximum atomic E-state index is 6.08. The van der Waals surface area contributed by atoms with Gasteiger partial charge >= 0.3 is 0 Å². The second-order valence-corrected chi connectivity index (χ2v) is 3.86. The average Bonchev–Trinajstić information content (AvgIpc) is 2.20. The summed E-state index contributed by atoms with van der Waals surface area (Å²) in [6, 6.07) is 9.80. The predicted molar refractivity (Wildman–Crippen MR) is 63.8 cm³/mol. The first-order chi connectivity index (χ1) is 7.16. The van der Waals surface area contributed by atoms with Gasteiger partial charge in [-0.15, -0.1) is 0 Å². The number of anilines is 1. The molecule has 0 radical (unpaired) electrons. The Hall–Kier alpha value is -1.54. The van der Waals surface area contributed by atoms with Crippen molar-refractivity contribution < 1.29 is 0 Å². The van der Waals surface area contributed by atoms with Crippen LogP contribution in [-0.2, 0) is 0 Å². The molecule has 2 rings (SSSR count). The van der Waals surface area contributed by atoms with Gasteiger partial charge in [0.15, 0.2) is 0 Å². The quantitative estimate of drug-likeness (QED) is 0.798. The molecule has 0 bridgehead atoms. The fourth-order valence-corrected chi connectivity index (χ4v) is 1.66. The Labute approximate surface area is 93.7 Å². The molecule has 0 aliphatic carbocycles. The van der Waals surface area contributed by atoms with Gasteiger partial charge in [-0.1, -0.05) is 41.4 Å². The van der Waals surface area contributed by atoms with Gasteiger partial charge in [0.25, 0.3) is 0 Å². The minimum atomic E-state index is 0.441. The lowest BCUT2D eigenvalue weighted by Gasteiger charge is -2.04. The van der Waals surface area contributed by atoms with Crippen molar-refractivity contribution in [1.29, 1.82) is 0 Å². The van der Waals surface area contributed by atoms with E-state index in [9.17, 15) is 0 Å². The summed E-state index contributed by atoms with van der Waals surface area (Å²) < 4.78 is 0. The highest BCUT2D eigenvalue weighted by molar-refractivity contribution is 6.33. The monoisotopic (exact) mass is 218 g/mol. The molecule has 0 unspecified atom stereocenters. The summed E-state index contributed by atoms with van der Waals surface area (Å²) in [5.74, 6) is 0.441. The highest BCUT2D eigenvalue weighted by atomic mass is 35.5. The minimum Gasteiger partial charge on any atom is -0.384 e. The summed E-state index contributed by atoms with van der Waals surface area (Å²) in [5, 5.41) is 0.631. The zero-order chi connectivity index (χ0) is 10.8. The van der Waals surface area contributed by atoms with Crippen molar-refractivity contribution in [3.05, 3.63) is 47.1 Å². The first-order valence-electron chi connectivity index (χ1n) is 4.65. The summed E-state index contributed by atoms with van der Waals surface area (Å²) in [4.78, 5) is 4.03. The van der Waals surface area contributed by atoms with Crippen LogP contribution in [0.5, 0.6) is 0 Å². The van der Waals surface area contributed by atoms with Crippen LogP contribution in [0.2, 0.25) is 5.02 Å². The first kappa shape index (κ1) is 9.99. The van der Waals surface area contributed by atoms with Crippen LogP contribution in [-0.4, -0.2) is 4.98 Å². The zero-order valence-corrected chi connectivity index (χ0v) is 9.12. The molecule has 1 aromatic carbocycles. The van der Waals surface area contributed by atoms with Crippen LogP contribution in [0.25, 0.3) is 11.1 Å². The molecule has 0 atom stereocenters. The largest absolute Gasteiger partial charge is 0.384 e. The summed E-state index contributed by atoms with van der Waals surface area (Å²) in [6.07, 6.45) is 1.70. The van der Waals surface area contributed by atoms with Crippen LogP contribution in [0.3, 0.4) is 0 Å². The Balaban J connectivity index is 2.49. The van der Waals surface area contributed by atoms with E-state index in [0.29, 0.717) is 10.8 Å². The lowest BCUT2D eigenvalue weighted by molar-refractivity contribution is 1.33. The third kappa shape index (κ3) is 2.10. The molecule has 0 saturated heterocycles. The lowest BCUT2D eigenvalue weighted by atomic mass is 10.1. The number of nitrogen functional groups attached to an aromatic ring is 1. The molecule has 2 nitrogen and oxygen atoms in total. The van der Waals surface area contributed by atoms with Crippen LogP contribution in [0, 0.1) is 6.92 Å². The molecular formula is C12H11ClN2. The molecule has 15 heavy (non-hydrogen) atoms. The molecule has 1 aromatic heterocycles. The van der Waals surface area contributed by atoms with Crippen molar-refractivity contribution in [2.45, 2.75) is 6.92 Å². The highest BCUT2D eigenvalue weighted by Gasteiger charge is 2.03. The third-order valence-electron chi connectivity index (χ3n) is 2.24. The van der Waals surface area contributed by atoms with Crippen molar-refractivity contribution in [1.82, 2.24) is 4.98 Å². The fourth-order valence-electron chi connectivity index (χ4n) is 1.39. The van der Waals surface area contributed by atoms with Crippen LogP contribution in [0.4, 0.5) is 5.82 Å². The normalized spacial score (nSPS) is 10.3. The number of halogens is 1. The Morgan fingerprint density at radius 1 is 1.20 bits per heavy atom. The summed E-state index contributed by atoms with van der Waals surface area (Å²) in [6.45, 7) is 2.05. The van der Waals surface area contributed by atoms with E-state index in [1.54, 1.807) is 12.3 Å². The van der Waals surface area contributed by atoms with Crippen molar-refractivity contribution in [2.75, 3.05) is 5.73 Å². The Kier molecular flexibility index (Phi) is 2.60. The maximum Gasteiger partial charge on any atom is 0.124 e. The Morgan fingerprint density at radius 3 is 2.47 bits per heavy atom. The first-order valence-corrected chi connectivity index (χ1v) is 5.02. The molecule has 0 spiro atoms. The topological polar surface area (TPSA) is 38.9 Å². The van der Waals surface area contributed by atoms with Crippen molar-refractivity contribution in [3.63, 3.8) is 0 Å². The van der Waals surface area contributed by atoms with Gasteiger partial charge in [-0.25, -0.2) is 4.98 Å². The van der Waals surface area contributed by atoms with E-state index >= 15 is 0 Å². The van der Waals surface area contributed by atoms with E-state index in [0.717, 1.165) is 11.1 Å². The molecule has 76 valence electrons. The molecule has 0 saturated carbocycles. The van der Waals surface area contributed by atoms with E-state index in [2.05, 4.69) is 4.98 Å². The second-order valence-electron chi connectivity index (χ2n) is 3.46. The fraction of sp³-hybridized carbons (Fsp3) is 0.0833. The van der Waals surface area contributed by atoms with Gasteiger partial charge in [-0.05, 0) is 18.6 Å². The van der Waals surface area contributed by atoms with E-state index < -0.39 is 0 Å². The molecule has 2 N–H and O–H groups in total. The molecule has 0 aliphatic rings. The molecule has 0 fully saturated rings. The number of aromatic nitrogens is 1. The average molecular weight is 219 g/mol. The van der Waals surface area contributed by atoms with Gasteiger partial charge in [0.1, 0.15) is 5.82 Å². The number of nitrogens with zero attached hydrogens (tertiary/aromatic N) is 1. The lowest BCUT2D eigenvalue weighted by Crippen LogP contribution is -1.90. The number of pyridine rings is 1. The summed E-state index contributed by atoms with van der Waals surface area (Å²) >= 11 is 6.08. The van der Waals surface area contributed by atoms with E-state index in [4.69, 9.17) is 17.3 Å². The van der Waals surface area contributed by atoms with Crippen LogP contribution in [0.1, 0.15) is 5.56 Å². The predicted octanol–water partition coefficient (Wildman–Crippen LogP) is 3.29. The van der Waals surface area contributed by atoms with Gasteiger partial charge in [0, 0.05) is 11.8 Å². The van der Waals surface area contributed by atoms with Gasteiger partial charge in [-0.2, -0.15) is 0 Å². The third-order valence-corrected chi connectivity index (χ3v) is 2.55. The van der Waals surface area contributed by atoms with Gasteiger partial charge in [-0.3, -0.25) is 0 Å². The molecule has 3 heteroatoms. The number of hydrogen-bond donors (Lipinski definition) is 1. The van der Waals surface area contributed by atoms with Crippen LogP contribution in [0.15, 0.2) is 36.5 Å². The van der Waals surface area contributed by atoms with Crippen molar-refractivity contribution >= 4 is 17.4 Å². The summed E-state index contributed by atoms with van der Waals surface area (Å²) in [7, 11) is 0. The molecular weight excluding hydrogens is 208 g/mol. The zero-order valence-electron chi connectivity index (χ0n) is 8.37. The molecule has 2 aromatic rings. The highest BCUT2D eigenvalue weighted by Crippen LogP contribution is 2.28. The number of hydrogen-bond acceptors (Lipinski definition) is 2. The smallest absolute Gasteiger partial charge is 0.124 e. The SMILES string of the molecule is Cc1ccc(-c2cnc(N)cc2Cl)cc1. The van der Waals surface area contributed by atoms with Gasteiger partial charge in [0.05, 0.1) is 5.02 Å². The van der Waals surface area contributed by atoms with Crippen LogP contribution >= 0.6 is 11.6 Å². The number of benzene rings is 1. The Morgan fingerprint density at radius 2 is 1.87 bits per heavy atom. The van der Waals surface area contributed by atoms with Crippen molar-refractivity contribution in [3.8, 4) is 11.1 Å². The van der Waals surface area contributed by atoms with Crippen molar-refractivity contribution in [2.24, 2.45) is 0 Å². The summed E-state index contributed by atoms with van der Waals surface area (Å²) in [5.41, 5.74) is 8.72. The molecule has 0 amide bonds. The van der Waals surface area contributed by atoms with Crippen LogP contribution < -0.4 is 5.73 Å². The maximum absolute atomic E-state index is 6.08. The second kappa shape index (κ2) is 3.91. The van der Waals surface area contributed by atoms with E-state index in [1.165, 1.54) is 5.56 Å². The molecule has 1 heterocycles. The number of aryl methyl sites for hydroxylation is 1. The minimum absolute atomic E-state index is 0.441. The number of nitrogens with two attached hydrogens (primary N) is 1. The van der Waals surface area contributed by atoms with E-state index in [1.807, 2.05) is 31.2 Å². The molecule has 0 aliphatic heterocycles. The van der Waals surface area contributed by atoms with Gasteiger partial charge < -0.3 is 5.73 Å². The number of rotatable bonds is 1. The van der Waals surface area contributed by atoms with Gasteiger partial charge in [0.2, 0.25) is 0 Å². The Bertz CT molecular complexity index is 477. The van der Waals surface area contributed by atoms with E-state index in [-0.39, 0.29) is 0 Å². The standard InChI is InChI=1S/C12H11ClN2/c1-8-2-4-9(5-3-8)10-7-15-12(14)6-11(10)13/h2-7H,1H3,(H2,14,15).